The molecule has 0 rings (SSSR count). The van der Waals surface area contributed by atoms with Crippen LogP contribution in [-0.4, -0.2) is 204 Å². The first-order chi connectivity index (χ1) is 22.3. The van der Waals surface area contributed by atoms with E-state index in [4.69, 9.17) is 67.3 Å². The van der Waals surface area contributed by atoms with Gasteiger partial charge in [-0.05, 0) is 14.1 Å². The van der Waals surface area contributed by atoms with Crippen molar-refractivity contribution in [3.63, 3.8) is 0 Å². The minimum Gasteiger partial charge on any atom is -0.378 e. The Morgan fingerprint density at radius 3 is 0.578 bits per heavy atom. The molecule has 0 heterocycles. The lowest BCUT2D eigenvalue weighted by Gasteiger charge is -2.10. The lowest BCUT2D eigenvalue weighted by Crippen LogP contribution is -2.19. The van der Waals surface area contributed by atoms with Crippen molar-refractivity contribution in [1.82, 2.24) is 4.90 Å². The van der Waals surface area contributed by atoms with E-state index in [1.807, 2.05) is 14.1 Å². The van der Waals surface area contributed by atoms with Crippen LogP contribution in [0.15, 0.2) is 0 Å². The number of ether oxygens (including phenoxy) is 13. The highest BCUT2D eigenvalue weighted by Gasteiger charge is 1.97. The van der Waals surface area contributed by atoms with Gasteiger partial charge in [-0.1, -0.05) is 0 Å². The predicted molar refractivity (Wildman–Crippen MR) is 168 cm³/mol. The van der Waals surface area contributed by atoms with Gasteiger partial charge in [-0.2, -0.15) is 0 Å². The standard InChI is InChI=1S/C30H64N2O13/c1-32(2)4-6-34-8-10-36-12-14-38-16-18-40-20-22-42-24-26-44-28-30-45-29-27-43-25-23-41-21-19-39-17-15-37-13-11-35-9-7-33-5-3-31/h3-31H2,1-2H3. The minimum absolute atomic E-state index is 0.510. The normalized spacial score (nSPS) is 11.7. The van der Waals surface area contributed by atoms with Crippen LogP contribution in [0.2, 0.25) is 0 Å². The Morgan fingerprint density at radius 2 is 0.422 bits per heavy atom. The Balaban J connectivity index is 3.04. The van der Waals surface area contributed by atoms with E-state index in [-0.39, 0.29) is 0 Å². The first-order valence-corrected chi connectivity index (χ1v) is 16.1. The van der Waals surface area contributed by atoms with E-state index in [0.29, 0.717) is 178 Å². The molecule has 0 aliphatic heterocycles. The van der Waals surface area contributed by atoms with Crippen LogP contribution in [0.1, 0.15) is 0 Å². The highest BCUT2D eigenvalue weighted by atomic mass is 16.6. The molecule has 0 fully saturated rings. The van der Waals surface area contributed by atoms with Gasteiger partial charge in [0.15, 0.2) is 0 Å². The molecule has 15 heteroatoms. The smallest absolute Gasteiger partial charge is 0.0701 e. The summed E-state index contributed by atoms with van der Waals surface area (Å²) in [5.41, 5.74) is 5.33. The average molecular weight is 661 g/mol. The monoisotopic (exact) mass is 660 g/mol. The van der Waals surface area contributed by atoms with E-state index in [2.05, 4.69) is 4.90 Å². The van der Waals surface area contributed by atoms with Crippen molar-refractivity contribution in [2.75, 3.05) is 199 Å². The topological polar surface area (TPSA) is 149 Å². The fraction of sp³-hybridized carbons (Fsp3) is 1.00. The maximum absolute atomic E-state index is 5.48. The van der Waals surface area contributed by atoms with Gasteiger partial charge in [-0.15, -0.1) is 0 Å². The van der Waals surface area contributed by atoms with E-state index >= 15 is 0 Å². The molecular weight excluding hydrogens is 596 g/mol. The number of nitrogens with two attached hydrogens (primary N) is 1. The van der Waals surface area contributed by atoms with E-state index < -0.39 is 0 Å². The SMILES string of the molecule is CN(C)CCOCCOCCOCCOCCOCCOCCOCCOCCOCCOCCOCCOCCOCCN. The second-order valence-corrected chi connectivity index (χ2v) is 9.55. The van der Waals surface area contributed by atoms with Gasteiger partial charge in [0, 0.05) is 13.1 Å². The molecule has 272 valence electrons. The number of hydrogen-bond acceptors (Lipinski definition) is 15. The number of nitrogens with zero attached hydrogens (tertiary/aromatic N) is 1. The Bertz CT molecular complexity index is 528. The zero-order valence-electron chi connectivity index (χ0n) is 28.1. The molecule has 0 atom stereocenters. The highest BCUT2D eigenvalue weighted by molar-refractivity contribution is 4.41. The van der Waals surface area contributed by atoms with Crippen LogP contribution in [0, 0.1) is 0 Å². The highest BCUT2D eigenvalue weighted by Crippen LogP contribution is 1.88. The van der Waals surface area contributed by atoms with Crippen molar-refractivity contribution >= 4 is 0 Å². The van der Waals surface area contributed by atoms with E-state index in [0.717, 1.165) is 6.54 Å². The molecule has 0 radical (unpaired) electrons. The summed E-state index contributed by atoms with van der Waals surface area (Å²) in [5, 5.41) is 0. The van der Waals surface area contributed by atoms with Gasteiger partial charge in [0.1, 0.15) is 0 Å². The Kier molecular flexibility index (Phi) is 40.9. The van der Waals surface area contributed by atoms with Crippen LogP contribution in [0.5, 0.6) is 0 Å². The van der Waals surface area contributed by atoms with Crippen LogP contribution < -0.4 is 5.73 Å². The third-order valence-corrected chi connectivity index (χ3v) is 5.41. The zero-order chi connectivity index (χ0) is 32.6. The van der Waals surface area contributed by atoms with Crippen LogP contribution in [0.3, 0.4) is 0 Å². The molecule has 0 bridgehead atoms. The molecule has 0 aliphatic carbocycles. The zero-order valence-corrected chi connectivity index (χ0v) is 28.1. The predicted octanol–water partition coefficient (Wildman–Crippen LogP) is -0.277. The van der Waals surface area contributed by atoms with Crippen molar-refractivity contribution in [1.29, 1.82) is 0 Å². The van der Waals surface area contributed by atoms with Gasteiger partial charge in [0.2, 0.25) is 0 Å². The summed E-state index contributed by atoms with van der Waals surface area (Å²) in [7, 11) is 4.04. The van der Waals surface area contributed by atoms with E-state index in [9.17, 15) is 0 Å². The van der Waals surface area contributed by atoms with Gasteiger partial charge in [-0.25, -0.2) is 0 Å². The molecule has 0 aromatic heterocycles. The molecule has 0 aromatic carbocycles. The summed E-state index contributed by atoms with van der Waals surface area (Å²) < 4.78 is 70.6. The molecule has 0 amide bonds. The van der Waals surface area contributed by atoms with Crippen molar-refractivity contribution in [2.45, 2.75) is 0 Å². The number of hydrogen-bond donors (Lipinski definition) is 1. The van der Waals surface area contributed by atoms with Crippen molar-refractivity contribution < 1.29 is 61.6 Å². The van der Waals surface area contributed by atoms with Crippen LogP contribution in [-0.2, 0) is 61.6 Å². The molecular formula is C30H64N2O13. The molecule has 0 spiro atoms. The summed E-state index contributed by atoms with van der Waals surface area (Å²) in [5.74, 6) is 0. The lowest BCUT2D eigenvalue weighted by atomic mass is 10.6. The summed E-state index contributed by atoms with van der Waals surface area (Å²) in [4.78, 5) is 2.08. The first-order valence-electron chi connectivity index (χ1n) is 16.1. The summed E-state index contributed by atoms with van der Waals surface area (Å²) in [6.07, 6.45) is 0. The largest absolute Gasteiger partial charge is 0.378 e. The van der Waals surface area contributed by atoms with Crippen molar-refractivity contribution in [3.8, 4) is 0 Å². The van der Waals surface area contributed by atoms with Gasteiger partial charge in [0.05, 0.1) is 172 Å². The average Bonchev–Trinajstić information content (AvgIpc) is 3.03. The molecule has 0 saturated heterocycles. The molecule has 15 nitrogen and oxygen atoms in total. The Hall–Kier alpha value is -0.600. The Labute approximate surface area is 271 Å². The fourth-order valence-electron chi connectivity index (χ4n) is 3.07. The van der Waals surface area contributed by atoms with Crippen LogP contribution >= 0.6 is 0 Å². The third-order valence-electron chi connectivity index (χ3n) is 5.41. The van der Waals surface area contributed by atoms with E-state index in [1.54, 1.807) is 0 Å². The van der Waals surface area contributed by atoms with Crippen molar-refractivity contribution in [2.24, 2.45) is 5.73 Å². The molecule has 45 heavy (non-hydrogen) atoms. The van der Waals surface area contributed by atoms with Gasteiger partial charge in [-0.3, -0.25) is 0 Å². The summed E-state index contributed by atoms with van der Waals surface area (Å²) >= 11 is 0. The molecule has 0 unspecified atom stereocenters. The Morgan fingerprint density at radius 1 is 0.267 bits per heavy atom. The quantitative estimate of drug-likeness (QED) is 0.0857. The van der Waals surface area contributed by atoms with Crippen LogP contribution in [0.25, 0.3) is 0 Å². The molecule has 0 aromatic rings. The molecule has 0 aliphatic rings. The van der Waals surface area contributed by atoms with E-state index in [1.165, 1.54) is 0 Å². The fourth-order valence-corrected chi connectivity index (χ4v) is 3.07. The van der Waals surface area contributed by atoms with Crippen LogP contribution in [0.4, 0.5) is 0 Å². The van der Waals surface area contributed by atoms with Crippen molar-refractivity contribution in [3.05, 3.63) is 0 Å². The maximum Gasteiger partial charge on any atom is 0.0701 e. The lowest BCUT2D eigenvalue weighted by molar-refractivity contribution is -0.0290. The third kappa shape index (κ3) is 43.4. The van der Waals surface area contributed by atoms with Gasteiger partial charge in [0.25, 0.3) is 0 Å². The maximum atomic E-state index is 5.48. The van der Waals surface area contributed by atoms with Gasteiger partial charge >= 0.3 is 0 Å². The minimum atomic E-state index is 0.510. The molecule has 2 N–H and O–H groups in total. The second kappa shape index (κ2) is 41.4. The molecule has 0 saturated carbocycles. The summed E-state index contributed by atoms with van der Waals surface area (Å²) in [6.45, 7) is 15.4. The van der Waals surface area contributed by atoms with Gasteiger partial charge < -0.3 is 72.2 Å². The number of rotatable bonds is 41. The summed E-state index contributed by atoms with van der Waals surface area (Å²) in [6, 6.07) is 0. The number of likely N-dealkylation sites (N-methyl/N-ethyl adjacent to an activating group) is 1. The second-order valence-electron chi connectivity index (χ2n) is 9.55. The first kappa shape index (κ1) is 44.4.